The summed E-state index contributed by atoms with van der Waals surface area (Å²) in [5.74, 6) is -1.62. The van der Waals surface area contributed by atoms with E-state index in [1.54, 1.807) is 18.2 Å². The van der Waals surface area contributed by atoms with E-state index in [-0.39, 0.29) is 58.3 Å². The van der Waals surface area contributed by atoms with E-state index in [0.29, 0.717) is 84.6 Å². The van der Waals surface area contributed by atoms with Crippen LogP contribution in [0.3, 0.4) is 0 Å². The number of esters is 4. The molecule has 3 N–H and O–H groups in total. The molecular weight excluding hydrogens is 1200 g/mol. The van der Waals surface area contributed by atoms with Gasteiger partial charge in [-0.25, -0.2) is 0 Å². The molecule has 0 heterocycles. The number of hydrogen-bond acceptors (Lipinski definition) is 14. The van der Waals surface area contributed by atoms with Crippen LogP contribution in [0.4, 0.5) is 0 Å². The second-order valence-corrected chi connectivity index (χ2v) is 27.0. The highest BCUT2D eigenvalue weighted by Crippen LogP contribution is 2.16. The third-order valence-electron chi connectivity index (χ3n) is 17.6. The lowest BCUT2D eigenvalue weighted by molar-refractivity contribution is -0.144. The van der Waals surface area contributed by atoms with Crippen LogP contribution in [-0.4, -0.2) is 162 Å². The van der Waals surface area contributed by atoms with E-state index in [9.17, 15) is 33.6 Å². The summed E-state index contributed by atoms with van der Waals surface area (Å²) < 4.78 is 22.2. The van der Waals surface area contributed by atoms with Gasteiger partial charge in [-0.3, -0.25) is 33.6 Å². The summed E-state index contributed by atoms with van der Waals surface area (Å²) in [4.78, 5) is 98.4. The Morgan fingerprint density at radius 1 is 0.274 bits per heavy atom. The standard InChI is InChI=1S/C78H142N6O11/c1-7-11-15-19-23-27-43-62-92-72(85)48-31-37-56-83(57-38-32-49-73(86)93-63-44-28-24-20-16-12-8-2)60-41-35-52-79-76(89)69-66-70(68-71(67-69)78(91)81-54-47-55-82(5)6)77(90)80-53-36-42-61-84(58-39-33-50-74(87)94-64-45-29-25-21-17-13-9-3)59-40-34-51-75(88)95-65-46-30-26-22-18-14-10-4/h66-68H,7-65H2,1-6H3,(H,79,89)(H,80,90)(H,81,91). The SMILES string of the molecule is CCCCCCCCCOC(=O)CCCCN(CCCCNC(=O)c1cc(C(=O)NCCCCN(CCCCC(=O)OCCCCCCCCC)CCCCC(=O)OCCCCCCCCC)cc(C(=O)NCCCN(C)C)c1)CCCCC(=O)OCCCCCCCCC. The van der Waals surface area contributed by atoms with E-state index in [1.807, 2.05) is 19.0 Å². The molecule has 0 fully saturated rings. The fourth-order valence-electron chi connectivity index (χ4n) is 11.6. The highest BCUT2D eigenvalue weighted by molar-refractivity contribution is 6.04. The van der Waals surface area contributed by atoms with Gasteiger partial charge in [-0.05, 0) is 187 Å². The molecule has 1 rings (SSSR count). The minimum Gasteiger partial charge on any atom is -0.466 e. The lowest BCUT2D eigenvalue weighted by atomic mass is 10.0. The molecule has 0 aliphatic carbocycles. The predicted molar refractivity (Wildman–Crippen MR) is 389 cm³/mol. The van der Waals surface area contributed by atoms with Crippen molar-refractivity contribution < 1.29 is 52.5 Å². The van der Waals surface area contributed by atoms with Gasteiger partial charge in [-0.2, -0.15) is 0 Å². The number of rotatable bonds is 69. The molecule has 95 heavy (non-hydrogen) atoms. The average molecular weight is 1340 g/mol. The first-order chi connectivity index (χ1) is 46.3. The smallest absolute Gasteiger partial charge is 0.305 e. The Morgan fingerprint density at radius 3 is 0.737 bits per heavy atom. The molecule has 17 nitrogen and oxygen atoms in total. The van der Waals surface area contributed by atoms with Gasteiger partial charge in [0.2, 0.25) is 0 Å². The first kappa shape index (κ1) is 88.4. The molecule has 0 aliphatic rings. The fourth-order valence-corrected chi connectivity index (χ4v) is 11.6. The van der Waals surface area contributed by atoms with Gasteiger partial charge in [0, 0.05) is 62.0 Å². The fraction of sp³-hybridized carbons (Fsp3) is 0.833. The molecule has 0 bridgehead atoms. The first-order valence-corrected chi connectivity index (χ1v) is 39.0. The monoisotopic (exact) mass is 1340 g/mol. The van der Waals surface area contributed by atoms with Crippen LogP contribution in [0, 0.1) is 0 Å². The van der Waals surface area contributed by atoms with E-state index in [2.05, 4.69) is 53.4 Å². The van der Waals surface area contributed by atoms with Crippen LogP contribution in [0.15, 0.2) is 18.2 Å². The first-order valence-electron chi connectivity index (χ1n) is 39.0. The van der Waals surface area contributed by atoms with Crippen LogP contribution in [0.1, 0.15) is 348 Å². The highest BCUT2D eigenvalue weighted by atomic mass is 16.5. The minimum atomic E-state index is -0.364. The third kappa shape index (κ3) is 56.0. The number of benzene rings is 1. The number of amides is 3. The van der Waals surface area contributed by atoms with Crippen molar-refractivity contribution in [3.8, 4) is 0 Å². The summed E-state index contributed by atoms with van der Waals surface area (Å²) in [6, 6.07) is 4.67. The van der Waals surface area contributed by atoms with Crippen LogP contribution in [0.5, 0.6) is 0 Å². The van der Waals surface area contributed by atoms with Crippen LogP contribution in [0.25, 0.3) is 0 Å². The highest BCUT2D eigenvalue weighted by Gasteiger charge is 2.18. The predicted octanol–water partition coefficient (Wildman–Crippen LogP) is 16.8. The van der Waals surface area contributed by atoms with Crippen molar-refractivity contribution in [3.63, 3.8) is 0 Å². The molecule has 0 radical (unpaired) electrons. The largest absolute Gasteiger partial charge is 0.466 e. The number of carbonyl (C=O) groups is 7. The molecule has 0 atom stereocenters. The van der Waals surface area contributed by atoms with Crippen molar-refractivity contribution in [1.29, 1.82) is 0 Å². The Morgan fingerprint density at radius 2 is 0.495 bits per heavy atom. The number of hydrogen-bond donors (Lipinski definition) is 3. The molecule has 550 valence electrons. The second-order valence-electron chi connectivity index (χ2n) is 27.0. The van der Waals surface area contributed by atoms with Crippen molar-refractivity contribution in [2.24, 2.45) is 0 Å². The van der Waals surface area contributed by atoms with Crippen molar-refractivity contribution in [3.05, 3.63) is 34.9 Å². The summed E-state index contributed by atoms with van der Waals surface area (Å²) in [7, 11) is 3.96. The number of nitrogens with one attached hydrogen (secondary N) is 3. The molecule has 0 spiro atoms. The van der Waals surface area contributed by atoms with Gasteiger partial charge in [0.25, 0.3) is 17.7 Å². The molecule has 0 saturated heterocycles. The quantitative estimate of drug-likeness (QED) is 0.0316. The maximum atomic E-state index is 13.9. The maximum Gasteiger partial charge on any atom is 0.305 e. The topological polar surface area (TPSA) is 202 Å². The molecule has 0 aromatic heterocycles. The van der Waals surface area contributed by atoms with E-state index < -0.39 is 0 Å². The van der Waals surface area contributed by atoms with Crippen molar-refractivity contribution in [2.75, 3.05) is 106 Å². The maximum absolute atomic E-state index is 13.9. The Balaban J connectivity index is 2.93. The van der Waals surface area contributed by atoms with E-state index in [4.69, 9.17) is 18.9 Å². The number of carbonyl (C=O) groups excluding carboxylic acids is 7. The molecular formula is C78H142N6O11. The molecule has 1 aromatic carbocycles. The van der Waals surface area contributed by atoms with Gasteiger partial charge < -0.3 is 49.6 Å². The number of ether oxygens (including phenoxy) is 4. The summed E-state index contributed by atoms with van der Waals surface area (Å²) in [5, 5.41) is 9.06. The lowest BCUT2D eigenvalue weighted by Gasteiger charge is -2.22. The van der Waals surface area contributed by atoms with E-state index in [1.165, 1.54) is 128 Å². The van der Waals surface area contributed by atoms with Crippen molar-refractivity contribution >= 4 is 41.6 Å². The zero-order valence-corrected chi connectivity index (χ0v) is 61.8. The van der Waals surface area contributed by atoms with Crippen LogP contribution >= 0.6 is 0 Å². The summed E-state index contributed by atoms with van der Waals surface area (Å²) in [6.07, 6.45) is 44.6. The molecule has 1 aromatic rings. The minimum absolute atomic E-state index is 0.135. The average Bonchev–Trinajstić information content (AvgIpc) is 0.962. The molecule has 0 aliphatic heterocycles. The number of unbranched alkanes of at least 4 members (excludes halogenated alkanes) is 30. The molecule has 17 heteroatoms. The van der Waals surface area contributed by atoms with Crippen LogP contribution in [-0.2, 0) is 38.1 Å². The molecule has 3 amide bonds. The van der Waals surface area contributed by atoms with Gasteiger partial charge in [0.15, 0.2) is 0 Å². The number of nitrogens with zero attached hydrogens (tertiary/aromatic N) is 3. The van der Waals surface area contributed by atoms with Crippen molar-refractivity contribution in [2.45, 2.75) is 317 Å². The third-order valence-corrected chi connectivity index (χ3v) is 17.6. The van der Waals surface area contributed by atoms with Gasteiger partial charge in [-0.15, -0.1) is 0 Å². The van der Waals surface area contributed by atoms with Gasteiger partial charge in [-0.1, -0.05) is 182 Å². The molecule has 0 unspecified atom stereocenters. The summed E-state index contributed by atoms with van der Waals surface area (Å²) in [5.41, 5.74) is 0.709. The molecule has 0 saturated carbocycles. The second kappa shape index (κ2) is 65.3. The van der Waals surface area contributed by atoms with E-state index in [0.717, 1.165) is 168 Å². The Bertz CT molecular complexity index is 1850. The zero-order chi connectivity index (χ0) is 69.3. The Kier molecular flexibility index (Phi) is 60.8. The lowest BCUT2D eigenvalue weighted by Crippen LogP contribution is -2.31. The zero-order valence-electron chi connectivity index (χ0n) is 61.8. The van der Waals surface area contributed by atoms with Crippen LogP contribution in [0.2, 0.25) is 0 Å². The normalized spacial score (nSPS) is 11.4. The van der Waals surface area contributed by atoms with Crippen molar-refractivity contribution in [1.82, 2.24) is 30.7 Å². The van der Waals surface area contributed by atoms with Gasteiger partial charge in [0.1, 0.15) is 0 Å². The van der Waals surface area contributed by atoms with E-state index >= 15 is 0 Å². The summed E-state index contributed by atoms with van der Waals surface area (Å²) in [6.45, 7) is 17.7. The van der Waals surface area contributed by atoms with Gasteiger partial charge >= 0.3 is 23.9 Å². The van der Waals surface area contributed by atoms with Crippen LogP contribution < -0.4 is 16.0 Å². The summed E-state index contributed by atoms with van der Waals surface area (Å²) >= 11 is 0. The Hall–Kier alpha value is -4.61. The Labute approximate surface area is 579 Å². The van der Waals surface area contributed by atoms with Gasteiger partial charge in [0.05, 0.1) is 26.4 Å².